The third-order valence-electron chi connectivity index (χ3n) is 2.45. The fourth-order valence-corrected chi connectivity index (χ4v) is 3.10. The maximum atomic E-state index is 11.9. The summed E-state index contributed by atoms with van der Waals surface area (Å²) >= 11 is 1.60. The highest BCUT2D eigenvalue weighted by molar-refractivity contribution is 7.89. The normalized spacial score (nSPS) is 11.8. The van der Waals surface area contributed by atoms with Crippen molar-refractivity contribution in [3.8, 4) is 0 Å². The van der Waals surface area contributed by atoms with E-state index in [1.54, 1.807) is 29.5 Å². The monoisotopic (exact) mass is 294 g/mol. The Balaban J connectivity index is 2.06. The van der Waals surface area contributed by atoms with E-state index in [-0.39, 0.29) is 4.90 Å². The lowest BCUT2D eigenvalue weighted by Crippen LogP contribution is -2.18. The molecule has 19 heavy (non-hydrogen) atoms. The number of hydrazone groups is 1. The molecular weight excluding hydrogens is 280 g/mol. The molecule has 1 heterocycles. The zero-order chi connectivity index (χ0) is 13.7. The van der Waals surface area contributed by atoms with Crippen LogP contribution in [0.15, 0.2) is 52.5 Å². The van der Waals surface area contributed by atoms with Gasteiger partial charge in [0.05, 0.1) is 11.1 Å². The molecule has 0 saturated heterocycles. The van der Waals surface area contributed by atoms with E-state index in [2.05, 4.69) is 16.9 Å². The molecule has 2 rings (SSSR count). The summed E-state index contributed by atoms with van der Waals surface area (Å²) in [4.78, 5) is 4.57. The van der Waals surface area contributed by atoms with Crippen LogP contribution in [-0.2, 0) is 16.4 Å². The van der Waals surface area contributed by atoms with E-state index in [0.29, 0.717) is 0 Å². The Hall–Kier alpha value is -1.66. The van der Waals surface area contributed by atoms with Crippen molar-refractivity contribution < 1.29 is 8.42 Å². The van der Waals surface area contributed by atoms with Crippen molar-refractivity contribution in [2.75, 3.05) is 0 Å². The molecule has 100 valence electrons. The lowest BCUT2D eigenvalue weighted by Gasteiger charge is -2.01. The minimum absolute atomic E-state index is 0.201. The Morgan fingerprint density at radius 3 is 2.58 bits per heavy atom. The molecule has 0 radical (unpaired) electrons. The number of benzene rings is 1. The number of aryl methyl sites for hydroxylation is 1. The average Bonchev–Trinajstić information content (AvgIpc) is 2.87. The maximum Gasteiger partial charge on any atom is 0.276 e. The predicted octanol–water partition coefficient (Wildman–Crippen LogP) is 2.62. The van der Waals surface area contributed by atoms with Gasteiger partial charge in [-0.3, -0.25) is 0 Å². The van der Waals surface area contributed by atoms with Crippen molar-refractivity contribution >= 4 is 27.6 Å². The maximum absolute atomic E-state index is 11.9. The number of thiophene rings is 1. The van der Waals surface area contributed by atoms with Crippen LogP contribution in [0.5, 0.6) is 0 Å². The molecule has 0 fully saturated rings. The molecule has 1 N–H and O–H groups in total. The summed E-state index contributed by atoms with van der Waals surface area (Å²) in [6.45, 7) is 2.07. The van der Waals surface area contributed by atoms with E-state index in [9.17, 15) is 8.42 Å². The predicted molar refractivity (Wildman–Crippen MR) is 78.1 cm³/mol. The zero-order valence-corrected chi connectivity index (χ0v) is 12.0. The van der Waals surface area contributed by atoms with Gasteiger partial charge in [0.15, 0.2) is 0 Å². The molecule has 0 aliphatic carbocycles. The van der Waals surface area contributed by atoms with E-state index in [4.69, 9.17) is 0 Å². The summed E-state index contributed by atoms with van der Waals surface area (Å²) in [5.74, 6) is 0. The first-order chi connectivity index (χ1) is 9.12. The summed E-state index contributed by atoms with van der Waals surface area (Å²) in [5.41, 5.74) is 0. The first-order valence-electron chi connectivity index (χ1n) is 5.80. The first-order valence-corrected chi connectivity index (χ1v) is 8.10. The van der Waals surface area contributed by atoms with Gasteiger partial charge in [0.2, 0.25) is 0 Å². The minimum Gasteiger partial charge on any atom is -0.200 e. The molecule has 0 unspecified atom stereocenters. The van der Waals surface area contributed by atoms with Gasteiger partial charge in [0.1, 0.15) is 0 Å². The molecule has 2 aromatic rings. The Morgan fingerprint density at radius 2 is 1.95 bits per heavy atom. The number of nitrogens with zero attached hydrogens (tertiary/aromatic N) is 1. The molecule has 1 aromatic heterocycles. The molecule has 0 aliphatic heterocycles. The molecule has 0 amide bonds. The number of hydrogen-bond donors (Lipinski definition) is 1. The average molecular weight is 294 g/mol. The molecule has 0 spiro atoms. The van der Waals surface area contributed by atoms with Gasteiger partial charge >= 0.3 is 0 Å². The first kappa shape index (κ1) is 13.8. The largest absolute Gasteiger partial charge is 0.276 e. The van der Waals surface area contributed by atoms with Gasteiger partial charge in [-0.2, -0.15) is 13.5 Å². The Morgan fingerprint density at radius 1 is 1.21 bits per heavy atom. The minimum atomic E-state index is -3.57. The summed E-state index contributed by atoms with van der Waals surface area (Å²) in [5, 5.41) is 3.78. The molecule has 1 aromatic carbocycles. The van der Waals surface area contributed by atoms with E-state index in [0.717, 1.165) is 11.3 Å². The zero-order valence-electron chi connectivity index (χ0n) is 10.4. The Bertz CT molecular complexity index is 661. The van der Waals surface area contributed by atoms with Gasteiger partial charge in [-0.1, -0.05) is 25.1 Å². The highest BCUT2D eigenvalue weighted by Gasteiger charge is 2.10. The van der Waals surface area contributed by atoms with Gasteiger partial charge in [-0.15, -0.1) is 11.3 Å². The van der Waals surface area contributed by atoms with Crippen LogP contribution >= 0.6 is 11.3 Å². The standard InChI is InChI=1S/C13H14N2O2S2/c1-2-11-8-9-12(18-11)10-14-15-19(16,17)13-6-4-3-5-7-13/h3-10,15H,2H2,1H3/b14-10-. The Labute approximate surface area is 116 Å². The number of hydrogen-bond acceptors (Lipinski definition) is 4. The highest BCUT2D eigenvalue weighted by Crippen LogP contribution is 2.14. The summed E-state index contributed by atoms with van der Waals surface area (Å²) in [6, 6.07) is 12.1. The van der Waals surface area contributed by atoms with Gasteiger partial charge < -0.3 is 0 Å². The fourth-order valence-electron chi connectivity index (χ4n) is 1.47. The van der Waals surface area contributed by atoms with Crippen LogP contribution in [0.3, 0.4) is 0 Å². The van der Waals surface area contributed by atoms with E-state index in [1.807, 2.05) is 12.1 Å². The van der Waals surface area contributed by atoms with Gasteiger partial charge in [-0.05, 0) is 30.7 Å². The number of nitrogens with one attached hydrogen (secondary N) is 1. The second-order valence-electron chi connectivity index (χ2n) is 3.82. The van der Waals surface area contributed by atoms with Crippen molar-refractivity contribution in [3.05, 3.63) is 52.2 Å². The van der Waals surface area contributed by atoms with Crippen LogP contribution in [0.1, 0.15) is 16.7 Å². The molecule has 0 aliphatic rings. The second kappa shape index (κ2) is 5.99. The fraction of sp³-hybridized carbons (Fsp3) is 0.154. The molecule has 0 atom stereocenters. The van der Waals surface area contributed by atoms with Crippen molar-refractivity contribution in [1.82, 2.24) is 4.83 Å². The van der Waals surface area contributed by atoms with Crippen LogP contribution in [0.25, 0.3) is 0 Å². The highest BCUT2D eigenvalue weighted by atomic mass is 32.2. The van der Waals surface area contributed by atoms with Crippen LogP contribution in [0.4, 0.5) is 0 Å². The third kappa shape index (κ3) is 3.65. The second-order valence-corrected chi connectivity index (χ2v) is 6.68. The van der Waals surface area contributed by atoms with E-state index >= 15 is 0 Å². The van der Waals surface area contributed by atoms with Gasteiger partial charge in [-0.25, -0.2) is 4.83 Å². The lowest BCUT2D eigenvalue weighted by atomic mass is 10.4. The van der Waals surface area contributed by atoms with Gasteiger partial charge in [0.25, 0.3) is 10.0 Å². The van der Waals surface area contributed by atoms with Crippen LogP contribution in [0.2, 0.25) is 0 Å². The molecule has 0 bridgehead atoms. The lowest BCUT2D eigenvalue weighted by molar-refractivity contribution is 0.584. The SMILES string of the molecule is CCc1ccc(/C=N\NS(=O)(=O)c2ccccc2)s1. The van der Waals surface area contributed by atoms with Crippen molar-refractivity contribution in [2.24, 2.45) is 5.10 Å². The summed E-state index contributed by atoms with van der Waals surface area (Å²) in [7, 11) is -3.57. The Kier molecular flexibility index (Phi) is 4.34. The van der Waals surface area contributed by atoms with Crippen molar-refractivity contribution in [1.29, 1.82) is 0 Å². The van der Waals surface area contributed by atoms with Crippen molar-refractivity contribution in [3.63, 3.8) is 0 Å². The third-order valence-corrected chi connectivity index (χ3v) is 4.85. The quantitative estimate of drug-likeness (QED) is 0.680. The summed E-state index contributed by atoms with van der Waals surface area (Å²) in [6.07, 6.45) is 2.48. The number of sulfonamides is 1. The molecule has 0 saturated carbocycles. The molecule has 4 nitrogen and oxygen atoms in total. The van der Waals surface area contributed by atoms with E-state index < -0.39 is 10.0 Å². The van der Waals surface area contributed by atoms with Gasteiger partial charge in [0, 0.05) is 9.75 Å². The van der Waals surface area contributed by atoms with Crippen LogP contribution in [-0.4, -0.2) is 14.6 Å². The smallest absolute Gasteiger partial charge is 0.200 e. The topological polar surface area (TPSA) is 58.5 Å². The summed E-state index contributed by atoms with van der Waals surface area (Å²) < 4.78 is 23.7. The number of rotatable bonds is 5. The molecular formula is C13H14N2O2S2. The van der Waals surface area contributed by atoms with Crippen LogP contribution in [0, 0.1) is 0 Å². The van der Waals surface area contributed by atoms with Crippen molar-refractivity contribution in [2.45, 2.75) is 18.2 Å². The van der Waals surface area contributed by atoms with E-state index in [1.165, 1.54) is 23.2 Å². The van der Waals surface area contributed by atoms with Crippen LogP contribution < -0.4 is 4.83 Å². The molecule has 6 heteroatoms.